The molecule has 0 saturated heterocycles. The molecule has 1 rings (SSSR count). The number of halogens is 2. The van der Waals surface area contributed by atoms with Gasteiger partial charge in [-0.1, -0.05) is 50.9 Å². The fourth-order valence-corrected chi connectivity index (χ4v) is 1.98. The normalized spacial score (nSPS) is 28.2. The van der Waals surface area contributed by atoms with Crippen LogP contribution in [0.3, 0.4) is 0 Å². The second-order valence-corrected chi connectivity index (χ2v) is 4.63. The van der Waals surface area contributed by atoms with Crippen molar-refractivity contribution in [3.05, 3.63) is 10.1 Å². The van der Waals surface area contributed by atoms with Crippen molar-refractivity contribution in [3.8, 4) is 0 Å². The lowest BCUT2D eigenvalue weighted by molar-refractivity contribution is 0.171. The van der Waals surface area contributed by atoms with Gasteiger partial charge in [0.15, 0.2) is 0 Å². The molecule has 0 unspecified atom stereocenters. The van der Waals surface area contributed by atoms with Gasteiger partial charge in [0.1, 0.15) is 0 Å². The Morgan fingerprint density at radius 2 is 1.00 bits per heavy atom. The SMILES string of the molecule is CC1(C)C(Cl)=C(Cl)C1(C)C. The predicted molar refractivity (Wildman–Crippen MR) is 46.3 cm³/mol. The zero-order chi connectivity index (χ0) is 8.15. The van der Waals surface area contributed by atoms with E-state index in [-0.39, 0.29) is 10.8 Å². The highest BCUT2D eigenvalue weighted by atomic mass is 35.5. The maximum Gasteiger partial charge on any atom is 0.0397 e. The molecule has 0 aromatic carbocycles. The quantitative estimate of drug-likeness (QED) is 0.531. The Balaban J connectivity index is 3.10. The van der Waals surface area contributed by atoms with Crippen molar-refractivity contribution in [2.45, 2.75) is 27.7 Å². The van der Waals surface area contributed by atoms with Gasteiger partial charge in [0, 0.05) is 20.9 Å². The van der Waals surface area contributed by atoms with E-state index in [1.165, 1.54) is 0 Å². The lowest BCUT2D eigenvalue weighted by Crippen LogP contribution is -2.42. The van der Waals surface area contributed by atoms with Crippen LogP contribution in [-0.4, -0.2) is 0 Å². The van der Waals surface area contributed by atoms with Crippen molar-refractivity contribution in [2.24, 2.45) is 10.8 Å². The lowest BCUT2D eigenvalue weighted by atomic mass is 9.59. The van der Waals surface area contributed by atoms with Crippen LogP contribution >= 0.6 is 23.2 Å². The molecule has 58 valence electrons. The first-order valence-electron chi connectivity index (χ1n) is 3.38. The second kappa shape index (κ2) is 1.92. The largest absolute Gasteiger partial charge is 0.0872 e. The maximum absolute atomic E-state index is 5.92. The summed E-state index contributed by atoms with van der Waals surface area (Å²) in [7, 11) is 0. The third kappa shape index (κ3) is 0.695. The molecule has 1 aliphatic carbocycles. The zero-order valence-corrected chi connectivity index (χ0v) is 8.27. The summed E-state index contributed by atoms with van der Waals surface area (Å²) in [6.07, 6.45) is 0. The Hall–Kier alpha value is 0.320. The Bertz CT molecular complexity index is 177. The molecule has 0 heterocycles. The lowest BCUT2D eigenvalue weighted by Gasteiger charge is -2.50. The molecule has 0 radical (unpaired) electrons. The highest BCUT2D eigenvalue weighted by Gasteiger charge is 2.52. The van der Waals surface area contributed by atoms with Gasteiger partial charge in [-0.25, -0.2) is 0 Å². The van der Waals surface area contributed by atoms with E-state index in [1.54, 1.807) is 0 Å². The van der Waals surface area contributed by atoms with Crippen LogP contribution in [-0.2, 0) is 0 Å². The molecular weight excluding hydrogens is 167 g/mol. The first kappa shape index (κ1) is 8.42. The third-order valence-electron chi connectivity index (χ3n) is 2.85. The standard InChI is InChI=1S/C8H12Cl2/c1-7(2)5(9)6(10)8(7,3)4/h1-4H3. The van der Waals surface area contributed by atoms with E-state index in [0.29, 0.717) is 0 Å². The second-order valence-electron chi connectivity index (χ2n) is 3.88. The summed E-state index contributed by atoms with van der Waals surface area (Å²) < 4.78 is 0. The van der Waals surface area contributed by atoms with Crippen molar-refractivity contribution in [1.82, 2.24) is 0 Å². The summed E-state index contributed by atoms with van der Waals surface area (Å²) in [6.45, 7) is 8.45. The minimum atomic E-state index is 0.0611. The molecule has 0 amide bonds. The summed E-state index contributed by atoms with van der Waals surface area (Å²) in [4.78, 5) is 0. The molecule has 0 aliphatic heterocycles. The highest BCUT2D eigenvalue weighted by molar-refractivity contribution is 6.42. The third-order valence-corrected chi connectivity index (χ3v) is 4.27. The number of hydrogen-bond acceptors (Lipinski definition) is 0. The first-order valence-corrected chi connectivity index (χ1v) is 4.13. The molecule has 0 bridgehead atoms. The molecule has 0 fully saturated rings. The van der Waals surface area contributed by atoms with Crippen molar-refractivity contribution in [1.29, 1.82) is 0 Å². The van der Waals surface area contributed by atoms with Gasteiger partial charge in [-0.05, 0) is 0 Å². The molecule has 0 N–H and O–H groups in total. The summed E-state index contributed by atoms with van der Waals surface area (Å²) in [5.74, 6) is 0. The minimum absolute atomic E-state index is 0.0611. The molecular formula is C8H12Cl2. The van der Waals surface area contributed by atoms with E-state index in [4.69, 9.17) is 23.2 Å². The van der Waals surface area contributed by atoms with Crippen LogP contribution in [0.25, 0.3) is 0 Å². The average Bonchev–Trinajstić information content (AvgIpc) is 1.84. The van der Waals surface area contributed by atoms with Crippen LogP contribution in [0, 0.1) is 10.8 Å². The summed E-state index contributed by atoms with van der Waals surface area (Å²) in [6, 6.07) is 0. The molecule has 0 aromatic heterocycles. The van der Waals surface area contributed by atoms with Gasteiger partial charge in [-0.2, -0.15) is 0 Å². The summed E-state index contributed by atoms with van der Waals surface area (Å²) in [5.41, 5.74) is 0.122. The Labute approximate surface area is 72.2 Å². The maximum atomic E-state index is 5.92. The van der Waals surface area contributed by atoms with Crippen molar-refractivity contribution < 1.29 is 0 Å². The van der Waals surface area contributed by atoms with Gasteiger partial charge in [0.05, 0.1) is 0 Å². The highest BCUT2D eigenvalue weighted by Crippen LogP contribution is 2.62. The topological polar surface area (TPSA) is 0 Å². The molecule has 0 nitrogen and oxygen atoms in total. The summed E-state index contributed by atoms with van der Waals surface area (Å²) in [5, 5.41) is 1.64. The van der Waals surface area contributed by atoms with Crippen molar-refractivity contribution in [2.75, 3.05) is 0 Å². The Morgan fingerprint density at radius 3 is 1.10 bits per heavy atom. The van der Waals surface area contributed by atoms with E-state index < -0.39 is 0 Å². The monoisotopic (exact) mass is 178 g/mol. The molecule has 0 saturated carbocycles. The minimum Gasteiger partial charge on any atom is -0.0872 e. The number of rotatable bonds is 0. The van der Waals surface area contributed by atoms with Crippen LogP contribution in [0.1, 0.15) is 27.7 Å². The van der Waals surface area contributed by atoms with Crippen molar-refractivity contribution >= 4 is 23.2 Å². The van der Waals surface area contributed by atoms with Gasteiger partial charge in [0.2, 0.25) is 0 Å². The van der Waals surface area contributed by atoms with E-state index in [2.05, 4.69) is 27.7 Å². The van der Waals surface area contributed by atoms with Crippen LogP contribution in [0.5, 0.6) is 0 Å². The predicted octanol–water partition coefficient (Wildman–Crippen LogP) is 3.74. The molecule has 10 heavy (non-hydrogen) atoms. The van der Waals surface area contributed by atoms with Gasteiger partial charge in [-0.15, -0.1) is 0 Å². The van der Waals surface area contributed by atoms with Gasteiger partial charge in [0.25, 0.3) is 0 Å². The van der Waals surface area contributed by atoms with Crippen molar-refractivity contribution in [3.63, 3.8) is 0 Å². The van der Waals surface area contributed by atoms with E-state index in [1.807, 2.05) is 0 Å². The van der Waals surface area contributed by atoms with Gasteiger partial charge in [-0.3, -0.25) is 0 Å². The zero-order valence-electron chi connectivity index (χ0n) is 6.76. The number of hydrogen-bond donors (Lipinski definition) is 0. The molecule has 0 aromatic rings. The van der Waals surface area contributed by atoms with Gasteiger partial charge < -0.3 is 0 Å². The van der Waals surface area contributed by atoms with Crippen LogP contribution < -0.4 is 0 Å². The van der Waals surface area contributed by atoms with E-state index in [0.717, 1.165) is 10.1 Å². The van der Waals surface area contributed by atoms with E-state index in [9.17, 15) is 0 Å². The average molecular weight is 179 g/mol. The van der Waals surface area contributed by atoms with Crippen LogP contribution in [0.4, 0.5) is 0 Å². The molecule has 0 spiro atoms. The molecule has 1 aliphatic rings. The van der Waals surface area contributed by atoms with E-state index >= 15 is 0 Å². The Kier molecular flexibility index (Phi) is 1.62. The van der Waals surface area contributed by atoms with Crippen LogP contribution in [0.15, 0.2) is 10.1 Å². The molecule has 2 heteroatoms. The summed E-state index contributed by atoms with van der Waals surface area (Å²) >= 11 is 11.8. The fourth-order valence-electron chi connectivity index (χ4n) is 1.03. The van der Waals surface area contributed by atoms with Crippen LogP contribution in [0.2, 0.25) is 0 Å². The molecule has 0 atom stereocenters. The van der Waals surface area contributed by atoms with Gasteiger partial charge >= 0.3 is 0 Å². The Morgan fingerprint density at radius 1 is 0.800 bits per heavy atom. The smallest absolute Gasteiger partial charge is 0.0397 e. The first-order chi connectivity index (χ1) is 4.32. The fraction of sp³-hybridized carbons (Fsp3) is 0.750. The number of allylic oxidation sites excluding steroid dienone is 2.